The molecule has 0 bridgehead atoms. The van der Waals surface area contributed by atoms with E-state index >= 15 is 0 Å². The average molecular weight is 441 g/mol. The van der Waals surface area contributed by atoms with E-state index in [2.05, 4.69) is 12.1 Å². The van der Waals surface area contributed by atoms with Crippen molar-refractivity contribution in [3.8, 4) is 0 Å². The van der Waals surface area contributed by atoms with Gasteiger partial charge >= 0.3 is 5.97 Å². The van der Waals surface area contributed by atoms with Crippen LogP contribution >= 0.6 is 11.6 Å². The summed E-state index contributed by atoms with van der Waals surface area (Å²) in [6.45, 7) is 3.96. The number of nitrogens with zero attached hydrogens (tertiary/aromatic N) is 2. The molecule has 160 valence electrons. The number of aromatic nitrogens is 1. The Hall–Kier alpha value is -3.45. The first-order chi connectivity index (χ1) is 14.8. The zero-order valence-corrected chi connectivity index (χ0v) is 17.9. The Morgan fingerprint density at radius 2 is 1.77 bits per heavy atom. The minimum absolute atomic E-state index is 0.127. The predicted octanol–water partition coefficient (Wildman–Crippen LogP) is 4.95. The standard InChI is InChI=1S/C23H21ClN2O5/c1-15-12-20(16(2)25(15)11-10-17-6-4-3-5-7-17)22(27)14-31-23(28)19-9-8-18(24)13-21(19)26(29)30/h3-9,12-13H,10-11,14H2,1-2H3. The van der Waals surface area contributed by atoms with Crippen molar-refractivity contribution in [3.63, 3.8) is 0 Å². The molecule has 31 heavy (non-hydrogen) atoms. The number of ether oxygens (including phenoxy) is 1. The fraction of sp³-hybridized carbons (Fsp3) is 0.217. The fourth-order valence-electron chi connectivity index (χ4n) is 3.43. The first kappa shape index (κ1) is 22.2. The number of hydrogen-bond acceptors (Lipinski definition) is 5. The van der Waals surface area contributed by atoms with Gasteiger partial charge in [0.2, 0.25) is 5.78 Å². The number of Topliss-reactive ketones (excluding diaryl/α,β-unsaturated/α-hetero) is 1. The van der Waals surface area contributed by atoms with E-state index in [1.165, 1.54) is 17.7 Å². The molecule has 0 spiro atoms. The maximum Gasteiger partial charge on any atom is 0.345 e. The molecule has 0 aliphatic heterocycles. The van der Waals surface area contributed by atoms with Crippen molar-refractivity contribution in [2.45, 2.75) is 26.8 Å². The number of nitro groups is 1. The summed E-state index contributed by atoms with van der Waals surface area (Å²) >= 11 is 5.76. The summed E-state index contributed by atoms with van der Waals surface area (Å²) in [5.41, 5.74) is 2.65. The molecule has 0 radical (unpaired) electrons. The van der Waals surface area contributed by atoms with E-state index in [1.54, 1.807) is 6.07 Å². The molecule has 8 heteroatoms. The van der Waals surface area contributed by atoms with Crippen molar-refractivity contribution in [2.75, 3.05) is 6.61 Å². The van der Waals surface area contributed by atoms with E-state index in [1.807, 2.05) is 36.6 Å². The van der Waals surface area contributed by atoms with Crippen molar-refractivity contribution in [1.82, 2.24) is 4.57 Å². The highest BCUT2D eigenvalue weighted by molar-refractivity contribution is 6.31. The van der Waals surface area contributed by atoms with Gasteiger partial charge in [0.15, 0.2) is 6.61 Å². The first-order valence-corrected chi connectivity index (χ1v) is 10.0. The molecule has 0 amide bonds. The number of ketones is 1. The van der Waals surface area contributed by atoms with Crippen LogP contribution in [0.5, 0.6) is 0 Å². The number of esters is 1. The highest BCUT2D eigenvalue weighted by Crippen LogP contribution is 2.24. The lowest BCUT2D eigenvalue weighted by Crippen LogP contribution is -2.16. The Balaban J connectivity index is 1.69. The van der Waals surface area contributed by atoms with Crippen LogP contribution in [0.2, 0.25) is 5.02 Å². The number of rotatable bonds is 8. The van der Waals surface area contributed by atoms with Gasteiger partial charge in [-0.25, -0.2) is 4.79 Å². The second-order valence-corrected chi connectivity index (χ2v) is 7.53. The maximum absolute atomic E-state index is 12.7. The number of hydrogen-bond donors (Lipinski definition) is 0. The molecule has 3 rings (SSSR count). The highest BCUT2D eigenvalue weighted by Gasteiger charge is 2.23. The molecule has 1 aromatic heterocycles. The molecular formula is C23H21ClN2O5. The largest absolute Gasteiger partial charge is 0.454 e. The van der Waals surface area contributed by atoms with E-state index in [0.717, 1.165) is 23.9 Å². The SMILES string of the molecule is Cc1cc(C(=O)COC(=O)c2ccc(Cl)cc2[N+](=O)[O-])c(C)n1CCc1ccccc1. The molecule has 0 N–H and O–H groups in total. The minimum atomic E-state index is -0.949. The molecule has 0 unspecified atom stereocenters. The molecule has 0 saturated heterocycles. The van der Waals surface area contributed by atoms with Crippen LogP contribution in [0.15, 0.2) is 54.6 Å². The lowest BCUT2D eigenvalue weighted by molar-refractivity contribution is -0.385. The third-order valence-corrected chi connectivity index (χ3v) is 5.29. The quantitative estimate of drug-likeness (QED) is 0.214. The van der Waals surface area contributed by atoms with E-state index in [-0.39, 0.29) is 16.4 Å². The number of nitro benzene ring substituents is 1. The summed E-state index contributed by atoms with van der Waals surface area (Å²) in [6, 6.07) is 15.4. The summed E-state index contributed by atoms with van der Waals surface area (Å²) in [5.74, 6) is -1.32. The number of carbonyl (C=O) groups excluding carboxylic acids is 2. The van der Waals surface area contributed by atoms with Crippen LogP contribution in [0.3, 0.4) is 0 Å². The van der Waals surface area contributed by atoms with Gasteiger partial charge in [-0.05, 0) is 44.0 Å². The van der Waals surface area contributed by atoms with Crippen LogP contribution < -0.4 is 0 Å². The molecule has 7 nitrogen and oxygen atoms in total. The van der Waals surface area contributed by atoms with Gasteiger partial charge in [0.05, 0.1) is 4.92 Å². The lowest BCUT2D eigenvalue weighted by atomic mass is 10.1. The maximum atomic E-state index is 12.7. The van der Waals surface area contributed by atoms with Gasteiger partial charge in [-0.2, -0.15) is 0 Å². The first-order valence-electron chi connectivity index (χ1n) is 9.63. The summed E-state index contributed by atoms with van der Waals surface area (Å²) in [4.78, 5) is 35.4. The van der Waals surface area contributed by atoms with Gasteiger partial charge in [-0.15, -0.1) is 0 Å². The molecular weight excluding hydrogens is 420 g/mol. The summed E-state index contributed by atoms with van der Waals surface area (Å²) in [6.07, 6.45) is 0.819. The Labute approximate surface area is 184 Å². The van der Waals surface area contributed by atoms with Gasteiger partial charge < -0.3 is 9.30 Å². The minimum Gasteiger partial charge on any atom is -0.454 e. The van der Waals surface area contributed by atoms with Gasteiger partial charge in [-0.3, -0.25) is 14.9 Å². The van der Waals surface area contributed by atoms with E-state index < -0.39 is 23.2 Å². The molecule has 0 aliphatic carbocycles. The topological polar surface area (TPSA) is 91.4 Å². The van der Waals surface area contributed by atoms with Gasteiger partial charge in [-0.1, -0.05) is 41.9 Å². The molecule has 0 fully saturated rings. The lowest BCUT2D eigenvalue weighted by Gasteiger charge is -2.10. The molecule has 0 atom stereocenters. The number of carbonyl (C=O) groups is 2. The second kappa shape index (κ2) is 9.57. The van der Waals surface area contributed by atoms with Crippen LogP contribution in [-0.2, 0) is 17.7 Å². The monoisotopic (exact) mass is 440 g/mol. The molecule has 1 heterocycles. The van der Waals surface area contributed by atoms with Crippen molar-refractivity contribution < 1.29 is 19.2 Å². The summed E-state index contributed by atoms with van der Waals surface area (Å²) in [7, 11) is 0. The fourth-order valence-corrected chi connectivity index (χ4v) is 3.59. The third-order valence-electron chi connectivity index (χ3n) is 5.05. The normalized spacial score (nSPS) is 10.7. The Kier molecular flexibility index (Phi) is 6.87. The van der Waals surface area contributed by atoms with Gasteiger partial charge in [0.1, 0.15) is 5.56 Å². The Morgan fingerprint density at radius 1 is 1.06 bits per heavy atom. The summed E-state index contributed by atoms with van der Waals surface area (Å²) < 4.78 is 7.11. The van der Waals surface area contributed by atoms with Crippen molar-refractivity contribution in [1.29, 1.82) is 0 Å². The molecule has 0 aliphatic rings. The Morgan fingerprint density at radius 3 is 2.45 bits per heavy atom. The smallest absolute Gasteiger partial charge is 0.345 e. The van der Waals surface area contributed by atoms with Crippen molar-refractivity contribution in [2.24, 2.45) is 0 Å². The van der Waals surface area contributed by atoms with Gasteiger partial charge in [0.25, 0.3) is 5.69 Å². The van der Waals surface area contributed by atoms with E-state index in [0.29, 0.717) is 12.1 Å². The zero-order chi connectivity index (χ0) is 22.5. The van der Waals surface area contributed by atoms with E-state index in [9.17, 15) is 19.7 Å². The van der Waals surface area contributed by atoms with Crippen molar-refractivity contribution in [3.05, 3.63) is 97.8 Å². The highest BCUT2D eigenvalue weighted by atomic mass is 35.5. The summed E-state index contributed by atoms with van der Waals surface area (Å²) in [5, 5.41) is 11.3. The molecule has 3 aromatic rings. The van der Waals surface area contributed by atoms with Crippen LogP contribution in [-0.4, -0.2) is 27.8 Å². The van der Waals surface area contributed by atoms with Gasteiger partial charge in [0, 0.05) is 34.6 Å². The average Bonchev–Trinajstić information content (AvgIpc) is 3.04. The number of halogens is 1. The van der Waals surface area contributed by atoms with E-state index in [4.69, 9.17) is 16.3 Å². The second-order valence-electron chi connectivity index (χ2n) is 7.09. The number of aryl methyl sites for hydroxylation is 2. The van der Waals surface area contributed by atoms with Crippen LogP contribution in [0, 0.1) is 24.0 Å². The van der Waals surface area contributed by atoms with Crippen LogP contribution in [0.4, 0.5) is 5.69 Å². The zero-order valence-electron chi connectivity index (χ0n) is 17.1. The number of benzene rings is 2. The van der Waals surface area contributed by atoms with Crippen LogP contribution in [0.25, 0.3) is 0 Å². The van der Waals surface area contributed by atoms with Crippen LogP contribution in [0.1, 0.15) is 37.7 Å². The Bertz CT molecular complexity index is 1140. The molecule has 0 saturated carbocycles. The van der Waals surface area contributed by atoms with Crippen molar-refractivity contribution >= 4 is 29.0 Å². The third kappa shape index (κ3) is 5.19. The molecule has 2 aromatic carbocycles. The predicted molar refractivity (Wildman–Crippen MR) is 117 cm³/mol.